The van der Waals surface area contributed by atoms with Crippen molar-refractivity contribution in [1.82, 2.24) is 15.2 Å². The minimum atomic E-state index is -0.539. The molecule has 3 heterocycles. The predicted molar refractivity (Wildman–Crippen MR) is 99.9 cm³/mol. The lowest BCUT2D eigenvalue weighted by Crippen LogP contribution is -2.39. The molecule has 2 fully saturated rings. The molecule has 0 bridgehead atoms. The van der Waals surface area contributed by atoms with Gasteiger partial charge in [-0.25, -0.2) is 0 Å². The molecular formula is C19H22N4O2S. The molecule has 4 rings (SSSR count). The highest BCUT2D eigenvalue weighted by molar-refractivity contribution is 7.07. The number of nitrogens with one attached hydrogen (secondary N) is 1. The lowest BCUT2D eigenvalue weighted by Gasteiger charge is -2.29. The number of pyridine rings is 1. The maximum atomic E-state index is 13.2. The molecule has 26 heavy (non-hydrogen) atoms. The quantitative estimate of drug-likeness (QED) is 0.843. The normalized spacial score (nSPS) is 20.7. The Morgan fingerprint density at radius 2 is 2.12 bits per heavy atom. The van der Waals surface area contributed by atoms with Gasteiger partial charge in [-0.2, -0.15) is 11.3 Å². The number of piperidine rings is 1. The van der Waals surface area contributed by atoms with E-state index in [0.717, 1.165) is 37.9 Å². The molecule has 136 valence electrons. The zero-order valence-electron chi connectivity index (χ0n) is 14.5. The summed E-state index contributed by atoms with van der Waals surface area (Å²) in [7, 11) is 0. The monoisotopic (exact) mass is 370 g/mol. The van der Waals surface area contributed by atoms with Gasteiger partial charge in [-0.15, -0.1) is 0 Å². The maximum Gasteiger partial charge on any atom is 0.273 e. The van der Waals surface area contributed by atoms with Gasteiger partial charge < -0.3 is 16.0 Å². The smallest absolute Gasteiger partial charge is 0.273 e. The van der Waals surface area contributed by atoms with Gasteiger partial charge in [-0.1, -0.05) is 0 Å². The fourth-order valence-corrected chi connectivity index (χ4v) is 4.60. The van der Waals surface area contributed by atoms with Crippen molar-refractivity contribution in [2.75, 3.05) is 13.1 Å². The number of carbonyl (C=O) groups is 2. The first kappa shape index (κ1) is 17.2. The molecule has 0 aromatic carbocycles. The van der Waals surface area contributed by atoms with Gasteiger partial charge >= 0.3 is 0 Å². The molecule has 7 heteroatoms. The average Bonchev–Trinajstić information content (AvgIpc) is 3.08. The van der Waals surface area contributed by atoms with Gasteiger partial charge in [0.15, 0.2) is 0 Å². The molecule has 1 saturated heterocycles. The number of thiophene rings is 1. The summed E-state index contributed by atoms with van der Waals surface area (Å²) in [4.78, 5) is 30.6. The number of hydrogen-bond acceptors (Lipinski definition) is 5. The van der Waals surface area contributed by atoms with E-state index in [4.69, 9.17) is 5.73 Å². The van der Waals surface area contributed by atoms with Gasteiger partial charge in [0, 0.05) is 18.8 Å². The molecule has 1 aliphatic heterocycles. The highest BCUT2D eigenvalue weighted by Gasteiger charge is 2.57. The molecule has 1 saturated carbocycles. The summed E-state index contributed by atoms with van der Waals surface area (Å²) in [5.41, 5.74) is 7.34. The van der Waals surface area contributed by atoms with Crippen LogP contribution in [-0.4, -0.2) is 40.8 Å². The molecule has 1 atom stereocenters. The van der Waals surface area contributed by atoms with Gasteiger partial charge in [-0.3, -0.25) is 14.6 Å². The second kappa shape index (κ2) is 6.81. The van der Waals surface area contributed by atoms with E-state index >= 15 is 0 Å². The first-order chi connectivity index (χ1) is 12.6. The van der Waals surface area contributed by atoms with Crippen LogP contribution in [0.2, 0.25) is 0 Å². The topological polar surface area (TPSA) is 88.3 Å². The molecule has 2 amide bonds. The van der Waals surface area contributed by atoms with Crippen molar-refractivity contribution in [3.63, 3.8) is 0 Å². The number of aromatic nitrogens is 1. The third kappa shape index (κ3) is 3.24. The SMILES string of the molecule is NC(=O)c1ccc(C(=O)N(Cc2ccsc2)C2CC23CCNCC3)nc1. The minimum absolute atomic E-state index is 0.0763. The minimum Gasteiger partial charge on any atom is -0.366 e. The lowest BCUT2D eigenvalue weighted by molar-refractivity contribution is 0.0686. The van der Waals surface area contributed by atoms with Crippen LogP contribution in [0.4, 0.5) is 0 Å². The van der Waals surface area contributed by atoms with Crippen molar-refractivity contribution in [1.29, 1.82) is 0 Å². The molecule has 2 aliphatic rings. The summed E-state index contributed by atoms with van der Waals surface area (Å²) in [5, 5.41) is 7.52. The van der Waals surface area contributed by atoms with Crippen molar-refractivity contribution < 1.29 is 9.59 Å². The Morgan fingerprint density at radius 1 is 1.31 bits per heavy atom. The van der Waals surface area contributed by atoms with E-state index in [-0.39, 0.29) is 17.4 Å². The van der Waals surface area contributed by atoms with Gasteiger partial charge in [0.2, 0.25) is 5.91 Å². The standard InChI is InChI=1S/C19H22N4O2S/c20-17(24)14-1-2-15(22-10-14)18(25)23(11-13-3-8-26-12-13)16-9-19(16)4-6-21-7-5-19/h1-3,8,10,12,16,21H,4-7,9,11H2,(H2,20,24). The molecular weight excluding hydrogens is 348 g/mol. The summed E-state index contributed by atoms with van der Waals surface area (Å²) in [5.74, 6) is -0.616. The van der Waals surface area contributed by atoms with E-state index in [0.29, 0.717) is 17.8 Å². The first-order valence-corrected chi connectivity index (χ1v) is 9.82. The number of amides is 2. The van der Waals surface area contributed by atoms with E-state index in [9.17, 15) is 9.59 Å². The molecule has 0 radical (unpaired) electrons. The second-order valence-electron chi connectivity index (χ2n) is 7.19. The molecule has 3 N–H and O–H groups in total. The van der Waals surface area contributed by atoms with Crippen molar-refractivity contribution in [2.24, 2.45) is 11.1 Å². The Morgan fingerprint density at radius 3 is 2.73 bits per heavy atom. The van der Waals surface area contributed by atoms with Crippen molar-refractivity contribution >= 4 is 23.2 Å². The number of nitrogens with zero attached hydrogens (tertiary/aromatic N) is 2. The van der Waals surface area contributed by atoms with Gasteiger partial charge in [-0.05, 0) is 72.3 Å². The Bertz CT molecular complexity index is 797. The Hall–Kier alpha value is -2.25. The van der Waals surface area contributed by atoms with Gasteiger partial charge in [0.05, 0.1) is 5.56 Å². The summed E-state index contributed by atoms with van der Waals surface area (Å²) in [6.45, 7) is 2.63. The number of nitrogens with two attached hydrogens (primary N) is 1. The van der Waals surface area contributed by atoms with Crippen molar-refractivity contribution in [2.45, 2.75) is 31.8 Å². The lowest BCUT2D eigenvalue weighted by atomic mass is 9.93. The fourth-order valence-electron chi connectivity index (χ4n) is 3.95. The summed E-state index contributed by atoms with van der Waals surface area (Å²) in [6, 6.07) is 5.49. The Kier molecular flexibility index (Phi) is 4.50. The fraction of sp³-hybridized carbons (Fsp3) is 0.421. The van der Waals surface area contributed by atoms with Gasteiger partial charge in [0.1, 0.15) is 5.69 Å². The molecule has 6 nitrogen and oxygen atoms in total. The number of hydrogen-bond donors (Lipinski definition) is 2. The summed E-state index contributed by atoms with van der Waals surface area (Å²) >= 11 is 1.64. The van der Waals surface area contributed by atoms with E-state index in [1.165, 1.54) is 6.20 Å². The van der Waals surface area contributed by atoms with Crippen LogP contribution in [0.25, 0.3) is 0 Å². The number of rotatable bonds is 5. The molecule has 1 spiro atoms. The van der Waals surface area contributed by atoms with Crippen LogP contribution in [0.3, 0.4) is 0 Å². The van der Waals surface area contributed by atoms with E-state index in [1.54, 1.807) is 23.5 Å². The highest BCUT2D eigenvalue weighted by Crippen LogP contribution is 2.56. The van der Waals surface area contributed by atoms with Gasteiger partial charge in [0.25, 0.3) is 5.91 Å². The van der Waals surface area contributed by atoms with Crippen LogP contribution in [0.15, 0.2) is 35.2 Å². The van der Waals surface area contributed by atoms with Crippen molar-refractivity contribution in [3.05, 3.63) is 52.0 Å². The molecule has 2 aromatic rings. The number of primary amides is 1. The van der Waals surface area contributed by atoms with Crippen LogP contribution >= 0.6 is 11.3 Å². The highest BCUT2D eigenvalue weighted by atomic mass is 32.1. The summed E-state index contributed by atoms with van der Waals surface area (Å²) in [6.07, 6.45) is 4.66. The Labute approximate surface area is 156 Å². The predicted octanol–water partition coefficient (Wildman–Crippen LogP) is 2.03. The van der Waals surface area contributed by atoms with E-state index in [1.807, 2.05) is 10.3 Å². The molecule has 2 aromatic heterocycles. The largest absolute Gasteiger partial charge is 0.366 e. The molecule has 1 unspecified atom stereocenters. The summed E-state index contributed by atoms with van der Waals surface area (Å²) < 4.78 is 0. The van der Waals surface area contributed by atoms with Crippen LogP contribution in [0.5, 0.6) is 0 Å². The van der Waals surface area contributed by atoms with Crippen molar-refractivity contribution in [3.8, 4) is 0 Å². The van der Waals surface area contributed by atoms with Crippen LogP contribution in [0, 0.1) is 5.41 Å². The average molecular weight is 370 g/mol. The Balaban J connectivity index is 1.58. The van der Waals surface area contributed by atoms with Crippen LogP contribution in [-0.2, 0) is 6.54 Å². The number of carbonyl (C=O) groups excluding carboxylic acids is 2. The zero-order chi connectivity index (χ0) is 18.1. The van der Waals surface area contributed by atoms with Crippen LogP contribution < -0.4 is 11.1 Å². The molecule has 1 aliphatic carbocycles. The third-order valence-corrected chi connectivity index (χ3v) is 6.32. The first-order valence-electron chi connectivity index (χ1n) is 8.88. The van der Waals surface area contributed by atoms with E-state index < -0.39 is 5.91 Å². The van der Waals surface area contributed by atoms with Crippen LogP contribution in [0.1, 0.15) is 45.7 Å². The zero-order valence-corrected chi connectivity index (χ0v) is 15.3. The maximum absolute atomic E-state index is 13.2. The second-order valence-corrected chi connectivity index (χ2v) is 7.97. The van der Waals surface area contributed by atoms with E-state index in [2.05, 4.69) is 21.7 Å². The third-order valence-electron chi connectivity index (χ3n) is 5.58.